The molecule has 0 aliphatic carbocycles. The molecule has 0 saturated carbocycles. The van der Waals surface area contributed by atoms with Gasteiger partial charge in [0.2, 0.25) is 0 Å². The second-order valence-electron chi connectivity index (χ2n) is 4.77. The number of nitrogens with zero attached hydrogens (tertiary/aromatic N) is 1. The Balaban J connectivity index is 1.81. The van der Waals surface area contributed by atoms with Crippen LogP contribution in [0.5, 0.6) is 0 Å². The molecule has 0 bridgehead atoms. The molecule has 0 unspecified atom stereocenters. The lowest BCUT2D eigenvalue weighted by atomic mass is 10.0. The quantitative estimate of drug-likeness (QED) is 0.803. The van der Waals surface area contributed by atoms with Gasteiger partial charge in [-0.05, 0) is 45.6 Å². The third-order valence-corrected chi connectivity index (χ3v) is 7.42. The smallest absolute Gasteiger partial charge is 0.206 e. The van der Waals surface area contributed by atoms with Crippen LogP contribution in [0.1, 0.15) is 12.0 Å². The molecule has 0 N–H and O–H groups in total. The summed E-state index contributed by atoms with van der Waals surface area (Å²) in [5, 5.41) is 0. The summed E-state index contributed by atoms with van der Waals surface area (Å²) < 4.78 is 27.8. The van der Waals surface area contributed by atoms with E-state index in [0.29, 0.717) is 17.3 Å². The van der Waals surface area contributed by atoms with Crippen molar-refractivity contribution >= 4 is 42.9 Å². The summed E-state index contributed by atoms with van der Waals surface area (Å²) in [4.78, 5) is 0. The van der Waals surface area contributed by atoms with E-state index in [2.05, 4.69) is 28.1 Å². The van der Waals surface area contributed by atoms with E-state index in [1.54, 1.807) is 12.1 Å². The van der Waals surface area contributed by atoms with Gasteiger partial charge >= 0.3 is 0 Å². The van der Waals surface area contributed by atoms with E-state index in [1.807, 2.05) is 24.3 Å². The lowest BCUT2D eigenvalue weighted by Crippen LogP contribution is -2.34. The molecule has 0 atom stereocenters. The standard InChI is InChI=1S/C15H14BrNO2S2/c16-14-6-7-15(20-14)21(18,19)17-10-8-13(9-11-17)12-4-2-1-3-5-12/h1-8H,9-11H2. The van der Waals surface area contributed by atoms with Crippen LogP contribution < -0.4 is 0 Å². The molecule has 2 heterocycles. The van der Waals surface area contributed by atoms with Crippen molar-refractivity contribution in [2.75, 3.05) is 13.1 Å². The first kappa shape index (κ1) is 15.0. The molecule has 6 heteroatoms. The van der Waals surface area contributed by atoms with Crippen molar-refractivity contribution in [3.8, 4) is 0 Å². The van der Waals surface area contributed by atoms with Crippen LogP contribution in [-0.4, -0.2) is 25.8 Å². The monoisotopic (exact) mass is 383 g/mol. The molecular formula is C15H14BrNO2S2. The van der Waals surface area contributed by atoms with Gasteiger partial charge in [-0.2, -0.15) is 4.31 Å². The normalized spacial score (nSPS) is 16.7. The van der Waals surface area contributed by atoms with Gasteiger partial charge in [-0.1, -0.05) is 36.4 Å². The van der Waals surface area contributed by atoms with E-state index < -0.39 is 10.0 Å². The Morgan fingerprint density at radius 1 is 1.10 bits per heavy atom. The van der Waals surface area contributed by atoms with Gasteiger partial charge in [0.05, 0.1) is 3.79 Å². The number of thiophene rings is 1. The molecular weight excluding hydrogens is 370 g/mol. The van der Waals surface area contributed by atoms with Gasteiger partial charge in [0.25, 0.3) is 10.0 Å². The van der Waals surface area contributed by atoms with Crippen molar-refractivity contribution in [2.24, 2.45) is 0 Å². The fourth-order valence-electron chi connectivity index (χ4n) is 2.35. The van der Waals surface area contributed by atoms with E-state index in [1.165, 1.54) is 26.8 Å². The van der Waals surface area contributed by atoms with Crippen LogP contribution in [0.4, 0.5) is 0 Å². The number of rotatable bonds is 3. The van der Waals surface area contributed by atoms with E-state index in [-0.39, 0.29) is 0 Å². The highest BCUT2D eigenvalue weighted by Crippen LogP contribution is 2.31. The van der Waals surface area contributed by atoms with E-state index in [0.717, 1.165) is 10.2 Å². The first-order valence-electron chi connectivity index (χ1n) is 6.57. The zero-order chi connectivity index (χ0) is 14.9. The Kier molecular flexibility index (Phi) is 4.31. The predicted molar refractivity (Wildman–Crippen MR) is 89.8 cm³/mol. The Morgan fingerprint density at radius 2 is 1.86 bits per heavy atom. The van der Waals surface area contributed by atoms with Crippen LogP contribution in [-0.2, 0) is 10.0 Å². The number of benzene rings is 1. The Labute approximate surface area is 137 Å². The Hall–Kier alpha value is -0.950. The Bertz CT molecular complexity index is 766. The molecule has 1 aromatic heterocycles. The van der Waals surface area contributed by atoms with Crippen LogP contribution in [0, 0.1) is 0 Å². The molecule has 110 valence electrons. The topological polar surface area (TPSA) is 37.4 Å². The average molecular weight is 384 g/mol. The van der Waals surface area contributed by atoms with Crippen LogP contribution >= 0.6 is 27.3 Å². The summed E-state index contributed by atoms with van der Waals surface area (Å²) in [6, 6.07) is 13.5. The Morgan fingerprint density at radius 3 is 2.43 bits per heavy atom. The summed E-state index contributed by atoms with van der Waals surface area (Å²) in [5.74, 6) is 0. The summed E-state index contributed by atoms with van der Waals surface area (Å²) in [5.41, 5.74) is 2.39. The van der Waals surface area contributed by atoms with Crippen molar-refractivity contribution in [1.82, 2.24) is 4.31 Å². The molecule has 1 aliphatic rings. The van der Waals surface area contributed by atoms with Gasteiger partial charge in [-0.25, -0.2) is 8.42 Å². The third-order valence-electron chi connectivity index (χ3n) is 3.46. The van der Waals surface area contributed by atoms with E-state index >= 15 is 0 Å². The van der Waals surface area contributed by atoms with Gasteiger partial charge in [0, 0.05) is 13.1 Å². The largest absolute Gasteiger partial charge is 0.252 e. The van der Waals surface area contributed by atoms with Crippen molar-refractivity contribution in [3.05, 3.63) is 57.9 Å². The maximum absolute atomic E-state index is 12.5. The van der Waals surface area contributed by atoms with Gasteiger partial charge in [-0.3, -0.25) is 0 Å². The summed E-state index contributed by atoms with van der Waals surface area (Å²) >= 11 is 4.56. The highest BCUT2D eigenvalue weighted by atomic mass is 79.9. The van der Waals surface area contributed by atoms with Crippen molar-refractivity contribution < 1.29 is 8.42 Å². The fraction of sp³-hybridized carbons (Fsp3) is 0.200. The molecule has 1 aliphatic heterocycles. The second-order valence-corrected chi connectivity index (χ2v) is 9.39. The van der Waals surface area contributed by atoms with Gasteiger partial charge < -0.3 is 0 Å². The molecule has 0 spiro atoms. The average Bonchev–Trinajstić information content (AvgIpc) is 2.96. The zero-order valence-electron chi connectivity index (χ0n) is 11.2. The molecule has 0 saturated heterocycles. The summed E-state index contributed by atoms with van der Waals surface area (Å²) in [6.45, 7) is 0.959. The van der Waals surface area contributed by atoms with Crippen LogP contribution in [0.2, 0.25) is 0 Å². The number of hydrogen-bond acceptors (Lipinski definition) is 3. The van der Waals surface area contributed by atoms with Crippen LogP contribution in [0.15, 0.2) is 56.5 Å². The minimum Gasteiger partial charge on any atom is -0.206 e. The molecule has 0 amide bonds. The highest BCUT2D eigenvalue weighted by molar-refractivity contribution is 9.11. The number of halogens is 1. The first-order valence-corrected chi connectivity index (χ1v) is 9.62. The lowest BCUT2D eigenvalue weighted by Gasteiger charge is -2.25. The maximum atomic E-state index is 12.5. The fourth-order valence-corrected chi connectivity index (χ4v) is 5.89. The predicted octanol–water partition coefficient (Wildman–Crippen LogP) is 3.99. The van der Waals surface area contributed by atoms with Crippen LogP contribution in [0.3, 0.4) is 0 Å². The second kappa shape index (κ2) is 6.04. The first-order chi connectivity index (χ1) is 10.1. The molecule has 1 aromatic carbocycles. The molecule has 3 nitrogen and oxygen atoms in total. The molecule has 0 fully saturated rings. The minimum absolute atomic E-state index is 0.394. The van der Waals surface area contributed by atoms with E-state index in [9.17, 15) is 8.42 Å². The van der Waals surface area contributed by atoms with E-state index in [4.69, 9.17) is 0 Å². The molecule has 0 radical (unpaired) electrons. The molecule has 2 aromatic rings. The third kappa shape index (κ3) is 3.13. The number of hydrogen-bond donors (Lipinski definition) is 0. The van der Waals surface area contributed by atoms with Crippen molar-refractivity contribution in [3.63, 3.8) is 0 Å². The molecule has 3 rings (SSSR count). The summed E-state index contributed by atoms with van der Waals surface area (Å²) in [6.07, 6.45) is 2.76. The van der Waals surface area contributed by atoms with Gasteiger partial charge in [0.15, 0.2) is 0 Å². The lowest BCUT2D eigenvalue weighted by molar-refractivity contribution is 0.442. The van der Waals surface area contributed by atoms with Crippen LogP contribution in [0.25, 0.3) is 5.57 Å². The number of sulfonamides is 1. The van der Waals surface area contributed by atoms with Crippen molar-refractivity contribution in [2.45, 2.75) is 10.6 Å². The maximum Gasteiger partial charge on any atom is 0.252 e. The van der Waals surface area contributed by atoms with Crippen molar-refractivity contribution in [1.29, 1.82) is 0 Å². The van der Waals surface area contributed by atoms with Gasteiger partial charge in [-0.15, -0.1) is 11.3 Å². The SMILES string of the molecule is O=S(=O)(c1ccc(Br)s1)N1CC=C(c2ccccc2)CC1. The van der Waals surface area contributed by atoms with Gasteiger partial charge in [0.1, 0.15) is 4.21 Å². The molecule has 21 heavy (non-hydrogen) atoms. The highest BCUT2D eigenvalue weighted by Gasteiger charge is 2.27. The summed E-state index contributed by atoms with van der Waals surface area (Å²) in [7, 11) is -3.37. The minimum atomic E-state index is -3.37. The zero-order valence-corrected chi connectivity index (χ0v) is 14.4.